The highest BCUT2D eigenvalue weighted by atomic mass is 16.5. The average Bonchev–Trinajstić information content (AvgIpc) is 3.10. The van der Waals surface area contributed by atoms with E-state index in [9.17, 15) is 9.59 Å². The molecule has 0 aliphatic heterocycles. The summed E-state index contributed by atoms with van der Waals surface area (Å²) in [6.07, 6.45) is 5.40. The maximum absolute atomic E-state index is 12.1. The van der Waals surface area contributed by atoms with E-state index in [0.717, 1.165) is 5.52 Å². The van der Waals surface area contributed by atoms with Crippen LogP contribution in [0.3, 0.4) is 0 Å². The van der Waals surface area contributed by atoms with Gasteiger partial charge in [-0.15, -0.1) is 0 Å². The van der Waals surface area contributed by atoms with E-state index < -0.39 is 11.9 Å². The van der Waals surface area contributed by atoms with E-state index in [1.165, 1.54) is 13.2 Å². The van der Waals surface area contributed by atoms with Crippen LogP contribution in [0.2, 0.25) is 0 Å². The molecule has 0 saturated heterocycles. The fourth-order valence-electron chi connectivity index (χ4n) is 2.43. The Morgan fingerprint density at radius 2 is 2.00 bits per heavy atom. The summed E-state index contributed by atoms with van der Waals surface area (Å²) in [6, 6.07) is 5.25. The molecule has 6 heteroatoms. The molecule has 0 unspecified atom stereocenters. The predicted octanol–water partition coefficient (Wildman–Crippen LogP) is 2.16. The summed E-state index contributed by atoms with van der Waals surface area (Å²) in [5.41, 5.74) is 2.08. The summed E-state index contributed by atoms with van der Waals surface area (Å²) in [7, 11) is 1.31. The third kappa shape index (κ3) is 1.96. The van der Waals surface area contributed by atoms with E-state index in [2.05, 4.69) is 0 Å². The molecule has 0 aliphatic rings. The van der Waals surface area contributed by atoms with Crippen LogP contribution in [0.4, 0.5) is 0 Å². The van der Waals surface area contributed by atoms with Crippen LogP contribution in [0.15, 0.2) is 36.8 Å². The molecule has 0 aliphatic carbocycles. The lowest BCUT2D eigenvalue weighted by Crippen LogP contribution is -2.08. The summed E-state index contributed by atoms with van der Waals surface area (Å²) in [5, 5.41) is 0. The zero-order chi connectivity index (χ0) is 15.0. The Morgan fingerprint density at radius 1 is 1.19 bits per heavy atom. The molecule has 0 saturated carbocycles. The van der Waals surface area contributed by atoms with Crippen LogP contribution in [0, 0.1) is 0 Å². The van der Waals surface area contributed by atoms with Crippen molar-refractivity contribution in [2.75, 3.05) is 13.7 Å². The van der Waals surface area contributed by atoms with Crippen molar-refractivity contribution < 1.29 is 19.1 Å². The molecule has 0 bridgehead atoms. The van der Waals surface area contributed by atoms with Crippen LogP contribution in [0.1, 0.15) is 27.8 Å². The van der Waals surface area contributed by atoms with Gasteiger partial charge in [0.25, 0.3) is 0 Å². The van der Waals surface area contributed by atoms with Crippen LogP contribution in [0.5, 0.6) is 0 Å². The molecule has 3 rings (SSSR count). The number of esters is 2. The van der Waals surface area contributed by atoms with Crippen LogP contribution < -0.4 is 0 Å². The molecule has 0 amide bonds. The molecule has 0 fully saturated rings. The molecule has 3 aromatic rings. The van der Waals surface area contributed by atoms with Crippen LogP contribution >= 0.6 is 0 Å². The van der Waals surface area contributed by atoms with Crippen molar-refractivity contribution in [3.05, 3.63) is 48.0 Å². The number of aromatic nitrogens is 2. The molecule has 0 spiro atoms. The summed E-state index contributed by atoms with van der Waals surface area (Å²) in [6.45, 7) is 2.01. The van der Waals surface area contributed by atoms with Gasteiger partial charge in [-0.2, -0.15) is 0 Å². The van der Waals surface area contributed by atoms with Gasteiger partial charge in [0.2, 0.25) is 0 Å². The first kappa shape index (κ1) is 13.2. The summed E-state index contributed by atoms with van der Waals surface area (Å²) in [4.78, 5) is 24.0. The predicted molar refractivity (Wildman–Crippen MR) is 75.6 cm³/mol. The van der Waals surface area contributed by atoms with Crippen molar-refractivity contribution in [3.8, 4) is 0 Å². The molecule has 0 aromatic carbocycles. The van der Waals surface area contributed by atoms with Gasteiger partial charge < -0.3 is 18.3 Å². The fourth-order valence-corrected chi connectivity index (χ4v) is 2.43. The lowest BCUT2D eigenvalue weighted by Gasteiger charge is -2.05. The molecule has 108 valence electrons. The van der Waals surface area contributed by atoms with Crippen molar-refractivity contribution in [3.63, 3.8) is 0 Å². The number of ether oxygens (including phenoxy) is 2. The van der Waals surface area contributed by atoms with Gasteiger partial charge in [-0.05, 0) is 25.1 Å². The number of hydrogen-bond donors (Lipinski definition) is 0. The van der Waals surface area contributed by atoms with Crippen LogP contribution in [-0.4, -0.2) is 34.5 Å². The Labute approximate surface area is 120 Å². The van der Waals surface area contributed by atoms with Gasteiger partial charge >= 0.3 is 11.9 Å². The number of methoxy groups -OCH3 is 1. The van der Waals surface area contributed by atoms with E-state index in [0.29, 0.717) is 16.8 Å². The molecule has 0 atom stereocenters. The quantitative estimate of drug-likeness (QED) is 0.692. The second kappa shape index (κ2) is 4.97. The van der Waals surface area contributed by atoms with Crippen LogP contribution in [-0.2, 0) is 9.47 Å². The van der Waals surface area contributed by atoms with E-state index in [4.69, 9.17) is 9.47 Å². The first-order valence-corrected chi connectivity index (χ1v) is 6.53. The summed E-state index contributed by atoms with van der Waals surface area (Å²) >= 11 is 0. The minimum atomic E-state index is -0.489. The second-order valence-corrected chi connectivity index (χ2v) is 4.47. The van der Waals surface area contributed by atoms with E-state index in [-0.39, 0.29) is 6.61 Å². The molecule has 3 heterocycles. The van der Waals surface area contributed by atoms with E-state index in [1.807, 2.05) is 28.9 Å². The minimum absolute atomic E-state index is 0.271. The molecule has 3 aromatic heterocycles. The van der Waals surface area contributed by atoms with Crippen molar-refractivity contribution in [2.45, 2.75) is 6.92 Å². The highest BCUT2D eigenvalue weighted by molar-refractivity contribution is 6.05. The lowest BCUT2D eigenvalue weighted by atomic mass is 10.2. The first-order valence-electron chi connectivity index (χ1n) is 6.53. The zero-order valence-corrected chi connectivity index (χ0v) is 11.7. The van der Waals surface area contributed by atoms with Gasteiger partial charge in [-0.1, -0.05) is 0 Å². The standard InChI is InChI=1S/C15H14N2O4/c1-3-21-15(19)12-9-10(14(18)20-2)13-11-5-4-6-16(11)7-8-17(12)13/h4-9H,3H2,1-2H3. The normalized spacial score (nSPS) is 11.0. The number of hydrogen-bond acceptors (Lipinski definition) is 4. The largest absolute Gasteiger partial charge is 0.465 e. The third-order valence-electron chi connectivity index (χ3n) is 3.32. The maximum Gasteiger partial charge on any atom is 0.355 e. The Morgan fingerprint density at radius 3 is 2.71 bits per heavy atom. The van der Waals surface area contributed by atoms with Gasteiger partial charge in [0, 0.05) is 18.6 Å². The minimum Gasteiger partial charge on any atom is -0.465 e. The number of carbonyl (C=O) groups excluding carboxylic acids is 2. The Hall–Kier alpha value is -2.76. The van der Waals surface area contributed by atoms with Crippen molar-refractivity contribution >= 4 is 23.0 Å². The lowest BCUT2D eigenvalue weighted by molar-refractivity contribution is 0.0518. The van der Waals surface area contributed by atoms with Gasteiger partial charge in [0.05, 0.1) is 30.3 Å². The van der Waals surface area contributed by atoms with Crippen LogP contribution in [0.25, 0.3) is 11.0 Å². The average molecular weight is 286 g/mol. The number of rotatable bonds is 3. The molecule has 0 N–H and O–H groups in total. The van der Waals surface area contributed by atoms with Crippen molar-refractivity contribution in [1.29, 1.82) is 0 Å². The summed E-state index contributed by atoms with van der Waals surface area (Å²) < 4.78 is 13.4. The Kier molecular flexibility index (Phi) is 3.13. The first-order chi connectivity index (χ1) is 10.2. The fraction of sp³-hybridized carbons (Fsp3) is 0.200. The molecule has 21 heavy (non-hydrogen) atoms. The highest BCUT2D eigenvalue weighted by Crippen LogP contribution is 2.23. The van der Waals surface area contributed by atoms with E-state index in [1.54, 1.807) is 17.5 Å². The van der Waals surface area contributed by atoms with Gasteiger partial charge in [0.15, 0.2) is 0 Å². The second-order valence-electron chi connectivity index (χ2n) is 4.47. The highest BCUT2D eigenvalue weighted by Gasteiger charge is 2.22. The molecular weight excluding hydrogens is 272 g/mol. The van der Waals surface area contributed by atoms with Gasteiger partial charge in [-0.25, -0.2) is 9.59 Å². The maximum atomic E-state index is 12.1. The molecule has 6 nitrogen and oxygen atoms in total. The smallest absolute Gasteiger partial charge is 0.355 e. The SMILES string of the molecule is CCOC(=O)c1cc(C(=O)OC)c2c3cccn3ccn12. The topological polar surface area (TPSA) is 61.4 Å². The molecular formula is C15H14N2O4. The van der Waals surface area contributed by atoms with Gasteiger partial charge in [0.1, 0.15) is 5.69 Å². The third-order valence-corrected chi connectivity index (χ3v) is 3.32. The van der Waals surface area contributed by atoms with E-state index >= 15 is 0 Å². The van der Waals surface area contributed by atoms with Crippen molar-refractivity contribution in [1.82, 2.24) is 8.80 Å². The Balaban J connectivity index is 2.36. The summed E-state index contributed by atoms with van der Waals surface area (Å²) in [5.74, 6) is -0.962. The molecule has 0 radical (unpaired) electrons. The van der Waals surface area contributed by atoms with Crippen molar-refractivity contribution in [2.24, 2.45) is 0 Å². The number of carbonyl (C=O) groups is 2. The number of fused-ring (bicyclic) bond motifs is 3. The zero-order valence-electron chi connectivity index (χ0n) is 11.7. The number of nitrogens with zero attached hydrogens (tertiary/aromatic N) is 2. The monoisotopic (exact) mass is 286 g/mol. The Bertz CT molecular complexity index is 844. The van der Waals surface area contributed by atoms with Gasteiger partial charge in [-0.3, -0.25) is 0 Å².